The number of benzene rings is 1. The normalized spacial score (nSPS) is 12.3. The van der Waals surface area contributed by atoms with Gasteiger partial charge in [-0.2, -0.15) is 0 Å². The van der Waals surface area contributed by atoms with Crippen LogP contribution in [0.5, 0.6) is 5.75 Å². The van der Waals surface area contributed by atoms with Crippen molar-refractivity contribution in [3.63, 3.8) is 0 Å². The van der Waals surface area contributed by atoms with E-state index in [4.69, 9.17) is 15.0 Å². The van der Waals surface area contributed by atoms with Gasteiger partial charge in [-0.3, -0.25) is 5.84 Å². The second-order valence-corrected chi connectivity index (χ2v) is 3.68. The maximum absolute atomic E-state index is 5.60. The number of nitrogens with one attached hydrogen (secondary N) is 1. The highest BCUT2D eigenvalue weighted by molar-refractivity contribution is 5.20. The number of nitrogens with two attached hydrogens (primary N) is 1. The third kappa shape index (κ3) is 3.34. The van der Waals surface area contributed by atoms with Crippen LogP contribution in [0, 0.1) is 0 Å². The van der Waals surface area contributed by atoms with Gasteiger partial charge in [0.25, 0.3) is 0 Å². The lowest BCUT2D eigenvalue weighted by Gasteiger charge is -2.13. The summed E-state index contributed by atoms with van der Waals surface area (Å²) in [5.74, 6) is 7.16. The molecule has 1 aromatic carbocycles. The SMILES string of the molecule is NNC(CCOc1ccccc1)c1ccco1. The molecular formula is C13H16N2O2. The van der Waals surface area contributed by atoms with Gasteiger partial charge in [-0.1, -0.05) is 18.2 Å². The molecule has 0 aliphatic carbocycles. The van der Waals surface area contributed by atoms with Gasteiger partial charge in [0.1, 0.15) is 11.5 Å². The first-order valence-electron chi connectivity index (χ1n) is 5.57. The zero-order valence-electron chi connectivity index (χ0n) is 9.50. The third-order valence-corrected chi connectivity index (χ3v) is 2.51. The molecule has 1 heterocycles. The third-order valence-electron chi connectivity index (χ3n) is 2.51. The molecule has 1 unspecified atom stereocenters. The Morgan fingerprint density at radius 2 is 2.00 bits per heavy atom. The zero-order chi connectivity index (χ0) is 11.9. The van der Waals surface area contributed by atoms with Crippen LogP contribution in [0.1, 0.15) is 18.2 Å². The van der Waals surface area contributed by atoms with Gasteiger partial charge < -0.3 is 9.15 Å². The number of hydrogen-bond acceptors (Lipinski definition) is 4. The molecule has 17 heavy (non-hydrogen) atoms. The largest absolute Gasteiger partial charge is 0.494 e. The monoisotopic (exact) mass is 232 g/mol. The van der Waals surface area contributed by atoms with Crippen LogP contribution in [-0.2, 0) is 0 Å². The topological polar surface area (TPSA) is 60.4 Å². The predicted octanol–water partition coefficient (Wildman–Crippen LogP) is 2.25. The summed E-state index contributed by atoms with van der Waals surface area (Å²) in [4.78, 5) is 0. The summed E-state index contributed by atoms with van der Waals surface area (Å²) in [6.07, 6.45) is 2.39. The summed E-state index contributed by atoms with van der Waals surface area (Å²) < 4.78 is 10.9. The quantitative estimate of drug-likeness (QED) is 0.592. The van der Waals surface area contributed by atoms with Crippen LogP contribution in [0.2, 0.25) is 0 Å². The average Bonchev–Trinajstić information content (AvgIpc) is 2.90. The Morgan fingerprint density at radius 3 is 2.65 bits per heavy atom. The van der Waals surface area contributed by atoms with E-state index >= 15 is 0 Å². The van der Waals surface area contributed by atoms with Crippen molar-refractivity contribution in [2.75, 3.05) is 6.61 Å². The maximum atomic E-state index is 5.60. The van der Waals surface area contributed by atoms with Gasteiger partial charge in [-0.15, -0.1) is 0 Å². The van der Waals surface area contributed by atoms with Gasteiger partial charge in [-0.25, -0.2) is 5.43 Å². The van der Waals surface area contributed by atoms with Gasteiger partial charge in [0, 0.05) is 6.42 Å². The van der Waals surface area contributed by atoms with Crippen molar-refractivity contribution in [1.82, 2.24) is 5.43 Å². The van der Waals surface area contributed by atoms with Crippen LogP contribution >= 0.6 is 0 Å². The first-order valence-corrected chi connectivity index (χ1v) is 5.57. The van der Waals surface area contributed by atoms with Crippen LogP contribution < -0.4 is 16.0 Å². The zero-order valence-corrected chi connectivity index (χ0v) is 9.50. The second kappa shape index (κ2) is 6.08. The van der Waals surface area contributed by atoms with Crippen molar-refractivity contribution in [2.45, 2.75) is 12.5 Å². The van der Waals surface area contributed by atoms with E-state index in [1.165, 1.54) is 0 Å². The summed E-state index contributed by atoms with van der Waals surface area (Å²) in [7, 11) is 0. The van der Waals surface area contributed by atoms with Crippen molar-refractivity contribution in [1.29, 1.82) is 0 Å². The maximum Gasteiger partial charge on any atom is 0.122 e. The number of para-hydroxylation sites is 1. The second-order valence-electron chi connectivity index (χ2n) is 3.68. The van der Waals surface area contributed by atoms with Gasteiger partial charge in [0.2, 0.25) is 0 Å². The van der Waals surface area contributed by atoms with E-state index in [9.17, 15) is 0 Å². The molecule has 1 atom stereocenters. The molecule has 4 nitrogen and oxygen atoms in total. The molecule has 0 bridgehead atoms. The molecule has 2 aromatic rings. The molecule has 4 heteroatoms. The Kier molecular flexibility index (Phi) is 4.18. The minimum absolute atomic E-state index is 0.0197. The van der Waals surface area contributed by atoms with Crippen molar-refractivity contribution < 1.29 is 9.15 Å². The van der Waals surface area contributed by atoms with Crippen LogP contribution in [0.15, 0.2) is 53.1 Å². The van der Waals surface area contributed by atoms with Crippen molar-refractivity contribution >= 4 is 0 Å². The molecule has 3 N–H and O–H groups in total. The van der Waals surface area contributed by atoms with Crippen molar-refractivity contribution in [3.05, 3.63) is 54.5 Å². The Hall–Kier alpha value is -1.78. The smallest absolute Gasteiger partial charge is 0.122 e. The molecular weight excluding hydrogens is 216 g/mol. The average molecular weight is 232 g/mol. The standard InChI is InChI=1S/C13H16N2O2/c14-15-12(13-7-4-9-17-13)8-10-16-11-5-2-1-3-6-11/h1-7,9,12,15H,8,10,14H2. The fraction of sp³-hybridized carbons (Fsp3) is 0.231. The minimum atomic E-state index is -0.0197. The minimum Gasteiger partial charge on any atom is -0.494 e. The van der Waals surface area contributed by atoms with Gasteiger partial charge >= 0.3 is 0 Å². The Labute approximate surface area is 100 Å². The Morgan fingerprint density at radius 1 is 1.18 bits per heavy atom. The highest BCUT2D eigenvalue weighted by Gasteiger charge is 2.12. The number of furan rings is 1. The lowest BCUT2D eigenvalue weighted by molar-refractivity contribution is 0.274. The van der Waals surface area contributed by atoms with E-state index in [1.54, 1.807) is 6.26 Å². The molecule has 0 radical (unpaired) electrons. The lowest BCUT2D eigenvalue weighted by Crippen LogP contribution is -2.29. The molecule has 0 spiro atoms. The van der Waals surface area contributed by atoms with Gasteiger partial charge in [0.15, 0.2) is 0 Å². The van der Waals surface area contributed by atoms with Crippen LogP contribution in [0.4, 0.5) is 0 Å². The molecule has 0 aliphatic heterocycles. The molecule has 0 amide bonds. The van der Waals surface area contributed by atoms with E-state index in [2.05, 4.69) is 5.43 Å². The number of hydrogen-bond donors (Lipinski definition) is 2. The summed E-state index contributed by atoms with van der Waals surface area (Å²) in [6.45, 7) is 0.583. The summed E-state index contributed by atoms with van der Waals surface area (Å²) in [5, 5.41) is 0. The number of ether oxygens (including phenoxy) is 1. The fourth-order valence-corrected chi connectivity index (χ4v) is 1.61. The molecule has 90 valence electrons. The highest BCUT2D eigenvalue weighted by atomic mass is 16.5. The fourth-order valence-electron chi connectivity index (χ4n) is 1.61. The van der Waals surface area contributed by atoms with Crippen molar-refractivity contribution in [3.8, 4) is 5.75 Å². The number of rotatable bonds is 6. The molecule has 0 saturated carbocycles. The first kappa shape index (κ1) is 11.7. The highest BCUT2D eigenvalue weighted by Crippen LogP contribution is 2.17. The van der Waals surface area contributed by atoms with Crippen LogP contribution in [0.3, 0.4) is 0 Å². The van der Waals surface area contributed by atoms with Gasteiger partial charge in [-0.05, 0) is 24.3 Å². The lowest BCUT2D eigenvalue weighted by atomic mass is 10.2. The summed E-state index contributed by atoms with van der Waals surface area (Å²) in [5.41, 5.74) is 2.72. The summed E-state index contributed by atoms with van der Waals surface area (Å²) >= 11 is 0. The van der Waals surface area contributed by atoms with E-state index in [0.717, 1.165) is 17.9 Å². The van der Waals surface area contributed by atoms with E-state index < -0.39 is 0 Å². The number of hydrazine groups is 1. The Balaban J connectivity index is 1.81. The summed E-state index contributed by atoms with van der Waals surface area (Å²) in [6, 6.07) is 13.4. The first-order chi connectivity index (χ1) is 8.40. The molecule has 0 aliphatic rings. The molecule has 1 aromatic heterocycles. The van der Waals surface area contributed by atoms with E-state index in [-0.39, 0.29) is 6.04 Å². The van der Waals surface area contributed by atoms with E-state index in [0.29, 0.717) is 6.61 Å². The molecule has 0 fully saturated rings. The molecule has 2 rings (SSSR count). The predicted molar refractivity (Wildman–Crippen MR) is 65.3 cm³/mol. The van der Waals surface area contributed by atoms with Crippen LogP contribution in [-0.4, -0.2) is 6.61 Å². The van der Waals surface area contributed by atoms with Gasteiger partial charge in [0.05, 0.1) is 18.9 Å². The van der Waals surface area contributed by atoms with E-state index in [1.807, 2.05) is 42.5 Å². The molecule has 0 saturated heterocycles. The van der Waals surface area contributed by atoms with Crippen LogP contribution in [0.25, 0.3) is 0 Å². The van der Waals surface area contributed by atoms with Crippen molar-refractivity contribution in [2.24, 2.45) is 5.84 Å². The Bertz CT molecular complexity index is 414.